The van der Waals surface area contributed by atoms with Crippen LogP contribution >= 0.6 is 0 Å². The monoisotopic (exact) mass is 257 g/mol. The first-order valence-corrected chi connectivity index (χ1v) is 5.48. The van der Waals surface area contributed by atoms with Crippen molar-refractivity contribution in [3.8, 4) is 0 Å². The maximum absolute atomic E-state index is 13.8. The van der Waals surface area contributed by atoms with Gasteiger partial charge in [0.15, 0.2) is 11.6 Å². The number of rotatable bonds is 2. The number of benzene rings is 1. The van der Waals surface area contributed by atoms with Crippen LogP contribution in [0.2, 0.25) is 0 Å². The highest BCUT2D eigenvalue weighted by Gasteiger charge is 2.43. The SMILES string of the molecule is COC1(c2cccc(F)c2F)CCN(C(=O)O)C1. The number of ether oxygens (including phenoxy) is 1. The molecular formula is C12H13F2NO3. The van der Waals surface area contributed by atoms with Gasteiger partial charge in [-0.15, -0.1) is 0 Å². The molecule has 4 nitrogen and oxygen atoms in total. The average molecular weight is 257 g/mol. The molecule has 1 aromatic carbocycles. The van der Waals surface area contributed by atoms with E-state index < -0.39 is 23.3 Å². The van der Waals surface area contributed by atoms with Crippen LogP contribution in [0.25, 0.3) is 0 Å². The van der Waals surface area contributed by atoms with Gasteiger partial charge in [-0.05, 0) is 6.07 Å². The van der Waals surface area contributed by atoms with Crippen molar-refractivity contribution in [3.63, 3.8) is 0 Å². The van der Waals surface area contributed by atoms with E-state index >= 15 is 0 Å². The van der Waals surface area contributed by atoms with E-state index in [9.17, 15) is 13.6 Å². The van der Waals surface area contributed by atoms with E-state index in [0.29, 0.717) is 6.42 Å². The summed E-state index contributed by atoms with van der Waals surface area (Å²) in [5.41, 5.74) is -1.04. The number of carboxylic acid groups (broad SMARTS) is 1. The Hall–Kier alpha value is -1.69. The van der Waals surface area contributed by atoms with Crippen LogP contribution in [0.5, 0.6) is 0 Å². The zero-order chi connectivity index (χ0) is 13.3. The second-order valence-corrected chi connectivity index (χ2v) is 4.25. The largest absolute Gasteiger partial charge is 0.465 e. The molecule has 6 heteroatoms. The summed E-state index contributed by atoms with van der Waals surface area (Å²) in [6.45, 7) is 0.234. The van der Waals surface area contributed by atoms with Crippen LogP contribution < -0.4 is 0 Å². The van der Waals surface area contributed by atoms with Crippen LogP contribution in [0.1, 0.15) is 12.0 Å². The first-order chi connectivity index (χ1) is 8.50. The highest BCUT2D eigenvalue weighted by atomic mass is 19.2. The molecule has 1 N–H and O–H groups in total. The van der Waals surface area contributed by atoms with Gasteiger partial charge >= 0.3 is 6.09 Å². The molecule has 1 fully saturated rings. The number of methoxy groups -OCH3 is 1. The van der Waals surface area contributed by atoms with Gasteiger partial charge in [0.1, 0.15) is 5.60 Å². The lowest BCUT2D eigenvalue weighted by Gasteiger charge is -2.28. The molecule has 2 rings (SSSR count). The Kier molecular flexibility index (Phi) is 3.21. The highest BCUT2D eigenvalue weighted by molar-refractivity contribution is 5.65. The van der Waals surface area contributed by atoms with Crippen LogP contribution in [0.4, 0.5) is 13.6 Å². The van der Waals surface area contributed by atoms with Gasteiger partial charge in [0.05, 0.1) is 6.54 Å². The van der Waals surface area contributed by atoms with Gasteiger partial charge < -0.3 is 14.7 Å². The first kappa shape index (κ1) is 12.8. The van der Waals surface area contributed by atoms with Crippen molar-refractivity contribution in [1.82, 2.24) is 4.90 Å². The molecule has 1 amide bonds. The zero-order valence-corrected chi connectivity index (χ0v) is 9.82. The van der Waals surface area contributed by atoms with E-state index in [-0.39, 0.29) is 18.7 Å². The number of hydrogen-bond acceptors (Lipinski definition) is 2. The lowest BCUT2D eigenvalue weighted by Crippen LogP contribution is -2.36. The number of carbonyl (C=O) groups is 1. The molecule has 1 aliphatic heterocycles. The van der Waals surface area contributed by atoms with Crippen molar-refractivity contribution >= 4 is 6.09 Å². The molecule has 1 unspecified atom stereocenters. The highest BCUT2D eigenvalue weighted by Crippen LogP contribution is 2.37. The van der Waals surface area contributed by atoms with Crippen LogP contribution in [0.15, 0.2) is 18.2 Å². The Morgan fingerprint density at radius 2 is 2.22 bits per heavy atom. The third kappa shape index (κ3) is 1.92. The lowest BCUT2D eigenvalue weighted by atomic mass is 9.92. The second kappa shape index (κ2) is 4.53. The Labute approximate surface area is 103 Å². The third-order valence-electron chi connectivity index (χ3n) is 3.34. The van der Waals surface area contributed by atoms with Crippen molar-refractivity contribution in [3.05, 3.63) is 35.4 Å². The molecule has 98 valence electrons. The molecule has 1 atom stereocenters. The minimum absolute atomic E-state index is 0.000787. The van der Waals surface area contributed by atoms with E-state index in [4.69, 9.17) is 9.84 Å². The van der Waals surface area contributed by atoms with Crippen molar-refractivity contribution < 1.29 is 23.4 Å². The Morgan fingerprint density at radius 3 is 2.78 bits per heavy atom. The molecule has 1 aliphatic rings. The molecule has 0 aliphatic carbocycles. The molecular weight excluding hydrogens is 244 g/mol. The van der Waals surface area contributed by atoms with Crippen molar-refractivity contribution in [2.75, 3.05) is 20.2 Å². The zero-order valence-electron chi connectivity index (χ0n) is 9.82. The van der Waals surface area contributed by atoms with Crippen molar-refractivity contribution in [2.45, 2.75) is 12.0 Å². The molecule has 0 bridgehead atoms. The van der Waals surface area contributed by atoms with Gasteiger partial charge in [-0.3, -0.25) is 0 Å². The summed E-state index contributed by atoms with van der Waals surface area (Å²) >= 11 is 0. The van der Waals surface area contributed by atoms with Gasteiger partial charge in [-0.25, -0.2) is 13.6 Å². The average Bonchev–Trinajstić information content (AvgIpc) is 2.78. The minimum atomic E-state index is -1.11. The lowest BCUT2D eigenvalue weighted by molar-refractivity contribution is -0.00805. The van der Waals surface area contributed by atoms with Gasteiger partial charge in [0, 0.05) is 25.6 Å². The van der Waals surface area contributed by atoms with E-state index in [1.54, 1.807) is 0 Å². The van der Waals surface area contributed by atoms with Gasteiger partial charge in [-0.1, -0.05) is 12.1 Å². The normalized spacial score (nSPS) is 23.4. The molecule has 1 aromatic rings. The van der Waals surface area contributed by atoms with Crippen molar-refractivity contribution in [1.29, 1.82) is 0 Å². The summed E-state index contributed by atoms with van der Waals surface area (Å²) in [5, 5.41) is 8.91. The quantitative estimate of drug-likeness (QED) is 0.883. The number of nitrogens with zero attached hydrogens (tertiary/aromatic N) is 1. The Morgan fingerprint density at radius 1 is 1.50 bits per heavy atom. The predicted molar refractivity (Wildman–Crippen MR) is 59.3 cm³/mol. The Balaban J connectivity index is 2.40. The van der Waals surface area contributed by atoms with Crippen LogP contribution in [-0.4, -0.2) is 36.3 Å². The third-order valence-corrected chi connectivity index (χ3v) is 3.34. The number of likely N-dealkylation sites (tertiary alicyclic amines) is 1. The summed E-state index contributed by atoms with van der Waals surface area (Å²) in [6.07, 6.45) is -0.790. The van der Waals surface area contributed by atoms with Crippen LogP contribution in [-0.2, 0) is 10.3 Å². The Bertz CT molecular complexity index is 480. The van der Waals surface area contributed by atoms with Crippen molar-refractivity contribution in [2.24, 2.45) is 0 Å². The predicted octanol–water partition coefficient (Wildman–Crippen LogP) is 2.19. The van der Waals surface area contributed by atoms with E-state index in [1.807, 2.05) is 0 Å². The number of amides is 1. The molecule has 0 spiro atoms. The summed E-state index contributed by atoms with van der Waals surface area (Å²) < 4.78 is 32.3. The summed E-state index contributed by atoms with van der Waals surface area (Å²) in [5.74, 6) is -1.94. The van der Waals surface area contributed by atoms with E-state index in [1.165, 1.54) is 19.2 Å². The number of hydrogen-bond donors (Lipinski definition) is 1. The minimum Gasteiger partial charge on any atom is -0.465 e. The molecule has 0 aromatic heterocycles. The van der Waals surface area contributed by atoms with Gasteiger partial charge in [-0.2, -0.15) is 0 Å². The van der Waals surface area contributed by atoms with E-state index in [0.717, 1.165) is 11.0 Å². The van der Waals surface area contributed by atoms with Crippen LogP contribution in [0.3, 0.4) is 0 Å². The fourth-order valence-electron chi connectivity index (χ4n) is 2.30. The summed E-state index contributed by atoms with van der Waals surface area (Å²) in [4.78, 5) is 12.0. The molecule has 0 saturated carbocycles. The molecule has 1 saturated heterocycles. The fraction of sp³-hybridized carbons (Fsp3) is 0.417. The summed E-state index contributed by atoms with van der Waals surface area (Å²) in [7, 11) is 1.37. The van der Waals surface area contributed by atoms with Gasteiger partial charge in [0.2, 0.25) is 0 Å². The maximum atomic E-state index is 13.8. The number of halogens is 2. The summed E-state index contributed by atoms with van der Waals surface area (Å²) in [6, 6.07) is 3.83. The maximum Gasteiger partial charge on any atom is 0.407 e. The topological polar surface area (TPSA) is 49.8 Å². The first-order valence-electron chi connectivity index (χ1n) is 5.48. The molecule has 0 radical (unpaired) electrons. The fourth-order valence-corrected chi connectivity index (χ4v) is 2.30. The van der Waals surface area contributed by atoms with Crippen LogP contribution in [0, 0.1) is 11.6 Å². The molecule has 1 heterocycles. The second-order valence-electron chi connectivity index (χ2n) is 4.25. The smallest absolute Gasteiger partial charge is 0.407 e. The van der Waals surface area contributed by atoms with E-state index in [2.05, 4.69) is 0 Å². The standard InChI is InChI=1S/C12H13F2NO3/c1-18-12(5-6-15(7-12)11(16)17)8-3-2-4-9(13)10(8)14/h2-4H,5-7H2,1H3,(H,16,17). The van der Waals surface area contributed by atoms with Gasteiger partial charge in [0.25, 0.3) is 0 Å². The molecule has 18 heavy (non-hydrogen) atoms.